The lowest BCUT2D eigenvalue weighted by molar-refractivity contribution is 0.0341. The molecular formula is C19H21N5O2. The molecule has 1 aromatic carbocycles. The average Bonchev–Trinajstić information content (AvgIpc) is 3.07. The van der Waals surface area contributed by atoms with E-state index in [1.807, 2.05) is 24.3 Å². The molecule has 0 unspecified atom stereocenters. The molecule has 1 saturated heterocycles. The van der Waals surface area contributed by atoms with Gasteiger partial charge in [0.15, 0.2) is 0 Å². The number of aliphatic hydroxyl groups excluding tert-OH is 1. The fraction of sp³-hybridized carbons (Fsp3) is 0.316. The van der Waals surface area contributed by atoms with Crippen molar-refractivity contribution in [2.75, 3.05) is 13.1 Å². The van der Waals surface area contributed by atoms with Gasteiger partial charge >= 0.3 is 0 Å². The van der Waals surface area contributed by atoms with Crippen LogP contribution in [0.1, 0.15) is 22.6 Å². The van der Waals surface area contributed by atoms with Crippen LogP contribution >= 0.6 is 0 Å². The smallest absolute Gasteiger partial charge is 0.251 e. The quantitative estimate of drug-likeness (QED) is 0.659. The van der Waals surface area contributed by atoms with Gasteiger partial charge in [-0.15, -0.1) is 0 Å². The molecule has 2 atom stereocenters. The number of carbonyl (C=O) groups excluding carboxylic acids is 1. The first-order valence-corrected chi connectivity index (χ1v) is 8.74. The van der Waals surface area contributed by atoms with Gasteiger partial charge in [-0.2, -0.15) is 0 Å². The number of aliphatic hydroxyl groups is 1. The van der Waals surface area contributed by atoms with Crippen molar-refractivity contribution in [2.24, 2.45) is 0 Å². The number of H-pyrrole nitrogens is 1. The standard InChI is InChI=1S/C19H21N5O2/c25-17-11-24(12-18-21-14-3-1-2-4-15(14)22-18)10-7-16(17)23-19(26)13-5-8-20-9-6-13/h1-6,8-9,16-17,25H,7,10-12H2,(H,21,22)(H,23,26)/t16-,17-/m1/s1. The van der Waals surface area contributed by atoms with Gasteiger partial charge in [-0.1, -0.05) is 12.1 Å². The van der Waals surface area contributed by atoms with Crippen molar-refractivity contribution in [1.29, 1.82) is 0 Å². The Bertz CT molecular complexity index is 862. The van der Waals surface area contributed by atoms with Crippen LogP contribution in [0.4, 0.5) is 0 Å². The number of para-hydroxylation sites is 2. The summed E-state index contributed by atoms with van der Waals surface area (Å²) < 4.78 is 0. The fourth-order valence-corrected chi connectivity index (χ4v) is 3.36. The predicted molar refractivity (Wildman–Crippen MR) is 97.5 cm³/mol. The van der Waals surface area contributed by atoms with E-state index in [4.69, 9.17) is 0 Å². The van der Waals surface area contributed by atoms with E-state index in [2.05, 4.69) is 25.2 Å². The third kappa shape index (κ3) is 3.58. The molecule has 1 fully saturated rings. The van der Waals surface area contributed by atoms with Crippen molar-refractivity contribution in [3.8, 4) is 0 Å². The highest BCUT2D eigenvalue weighted by Gasteiger charge is 2.29. The van der Waals surface area contributed by atoms with Crippen molar-refractivity contribution >= 4 is 16.9 Å². The van der Waals surface area contributed by atoms with Crippen LogP contribution in [0, 0.1) is 0 Å². The number of likely N-dealkylation sites (tertiary alicyclic amines) is 1. The van der Waals surface area contributed by atoms with E-state index in [0.717, 1.165) is 23.4 Å². The first-order chi connectivity index (χ1) is 12.7. The largest absolute Gasteiger partial charge is 0.390 e. The highest BCUT2D eigenvalue weighted by Crippen LogP contribution is 2.16. The van der Waals surface area contributed by atoms with Gasteiger partial charge in [-0.25, -0.2) is 4.98 Å². The number of carbonyl (C=O) groups is 1. The molecular weight excluding hydrogens is 330 g/mol. The Morgan fingerprint density at radius 1 is 1.27 bits per heavy atom. The van der Waals surface area contributed by atoms with E-state index >= 15 is 0 Å². The third-order valence-corrected chi connectivity index (χ3v) is 4.74. The number of hydrogen-bond acceptors (Lipinski definition) is 5. The van der Waals surface area contributed by atoms with Crippen molar-refractivity contribution in [3.05, 3.63) is 60.2 Å². The Morgan fingerprint density at radius 2 is 2.08 bits per heavy atom. The minimum absolute atomic E-state index is 0.179. The Hall–Kier alpha value is -2.77. The number of β-amino-alcohol motifs (C(OH)–C–C–N with tert-alkyl or cyclic N) is 1. The summed E-state index contributed by atoms with van der Waals surface area (Å²) in [6.45, 7) is 1.94. The van der Waals surface area contributed by atoms with E-state index in [0.29, 0.717) is 25.1 Å². The Labute approximate surface area is 151 Å². The number of aromatic nitrogens is 3. The summed E-state index contributed by atoms with van der Waals surface area (Å²) in [4.78, 5) is 26.2. The molecule has 7 heteroatoms. The van der Waals surface area contributed by atoms with Crippen LogP contribution in [0.25, 0.3) is 11.0 Å². The average molecular weight is 351 g/mol. The normalized spacial score (nSPS) is 21.0. The second-order valence-electron chi connectivity index (χ2n) is 6.61. The monoisotopic (exact) mass is 351 g/mol. The van der Waals surface area contributed by atoms with Crippen LogP contribution in [0.15, 0.2) is 48.8 Å². The predicted octanol–water partition coefficient (Wildman–Crippen LogP) is 1.32. The number of imidazole rings is 1. The van der Waals surface area contributed by atoms with Crippen LogP contribution < -0.4 is 5.32 Å². The molecule has 3 heterocycles. The molecule has 0 radical (unpaired) electrons. The molecule has 3 N–H and O–H groups in total. The second kappa shape index (κ2) is 7.23. The molecule has 1 aliphatic rings. The first-order valence-electron chi connectivity index (χ1n) is 8.74. The number of pyridine rings is 1. The van der Waals surface area contributed by atoms with Crippen LogP contribution in [-0.4, -0.2) is 56.1 Å². The summed E-state index contributed by atoms with van der Waals surface area (Å²) in [5.41, 5.74) is 2.52. The lowest BCUT2D eigenvalue weighted by Gasteiger charge is -2.35. The van der Waals surface area contributed by atoms with Crippen LogP contribution in [0.2, 0.25) is 0 Å². The Kier molecular flexibility index (Phi) is 4.64. The number of nitrogens with one attached hydrogen (secondary N) is 2. The van der Waals surface area contributed by atoms with E-state index < -0.39 is 6.10 Å². The highest BCUT2D eigenvalue weighted by molar-refractivity contribution is 5.94. The zero-order chi connectivity index (χ0) is 17.9. The maximum absolute atomic E-state index is 12.3. The van der Waals surface area contributed by atoms with Crippen LogP contribution in [0.3, 0.4) is 0 Å². The Balaban J connectivity index is 1.35. The third-order valence-electron chi connectivity index (χ3n) is 4.74. The number of benzene rings is 1. The molecule has 134 valence electrons. The van der Waals surface area contributed by atoms with Crippen LogP contribution in [-0.2, 0) is 6.54 Å². The number of fused-ring (bicyclic) bond motifs is 1. The van der Waals surface area contributed by atoms with Crippen molar-refractivity contribution < 1.29 is 9.90 Å². The topological polar surface area (TPSA) is 94.1 Å². The summed E-state index contributed by atoms with van der Waals surface area (Å²) in [7, 11) is 0. The van der Waals surface area contributed by atoms with Crippen LogP contribution in [0.5, 0.6) is 0 Å². The highest BCUT2D eigenvalue weighted by atomic mass is 16.3. The molecule has 0 spiro atoms. The SMILES string of the molecule is O=C(N[C@@H]1CCN(Cc2nc3ccccc3[nH]2)C[C@H]1O)c1ccncc1. The van der Waals surface area contributed by atoms with Gasteiger partial charge < -0.3 is 15.4 Å². The summed E-state index contributed by atoms with van der Waals surface area (Å²) in [6.07, 6.45) is 3.25. The summed E-state index contributed by atoms with van der Waals surface area (Å²) in [6, 6.07) is 11.0. The zero-order valence-electron chi connectivity index (χ0n) is 14.3. The molecule has 1 amide bonds. The number of aromatic amines is 1. The van der Waals surface area contributed by atoms with E-state index in [1.165, 1.54) is 0 Å². The van der Waals surface area contributed by atoms with Gasteiger partial charge in [0.1, 0.15) is 5.82 Å². The fourth-order valence-electron chi connectivity index (χ4n) is 3.36. The van der Waals surface area contributed by atoms with E-state index in [9.17, 15) is 9.90 Å². The molecule has 0 bridgehead atoms. The van der Waals surface area contributed by atoms with E-state index in [-0.39, 0.29) is 11.9 Å². The minimum atomic E-state index is -0.612. The minimum Gasteiger partial charge on any atom is -0.390 e. The molecule has 4 rings (SSSR count). The van der Waals surface area contributed by atoms with E-state index in [1.54, 1.807) is 24.5 Å². The van der Waals surface area contributed by atoms with Gasteiger partial charge in [0.2, 0.25) is 0 Å². The lowest BCUT2D eigenvalue weighted by Crippen LogP contribution is -2.53. The number of nitrogens with zero attached hydrogens (tertiary/aromatic N) is 3. The molecule has 26 heavy (non-hydrogen) atoms. The van der Waals surface area contributed by atoms with Gasteiger partial charge in [-0.05, 0) is 30.7 Å². The summed E-state index contributed by atoms with van der Waals surface area (Å²) in [5, 5.41) is 13.4. The van der Waals surface area contributed by atoms with Gasteiger partial charge in [0.25, 0.3) is 5.91 Å². The molecule has 3 aromatic rings. The molecule has 1 aliphatic heterocycles. The lowest BCUT2D eigenvalue weighted by atomic mass is 10.0. The van der Waals surface area contributed by atoms with Gasteiger partial charge in [0.05, 0.1) is 29.7 Å². The van der Waals surface area contributed by atoms with Crippen molar-refractivity contribution in [3.63, 3.8) is 0 Å². The van der Waals surface area contributed by atoms with Gasteiger partial charge in [-0.3, -0.25) is 14.7 Å². The maximum atomic E-state index is 12.3. The van der Waals surface area contributed by atoms with Crippen molar-refractivity contribution in [1.82, 2.24) is 25.2 Å². The number of piperidine rings is 1. The molecule has 0 aliphatic carbocycles. The number of rotatable bonds is 4. The molecule has 2 aromatic heterocycles. The first kappa shape index (κ1) is 16.7. The number of amides is 1. The summed E-state index contributed by atoms with van der Waals surface area (Å²) >= 11 is 0. The second-order valence-corrected chi connectivity index (χ2v) is 6.61. The Morgan fingerprint density at radius 3 is 2.85 bits per heavy atom. The maximum Gasteiger partial charge on any atom is 0.251 e. The zero-order valence-corrected chi connectivity index (χ0v) is 14.3. The van der Waals surface area contributed by atoms with Gasteiger partial charge in [0, 0.05) is 31.0 Å². The number of hydrogen-bond donors (Lipinski definition) is 3. The molecule has 0 saturated carbocycles. The van der Waals surface area contributed by atoms with Crippen molar-refractivity contribution in [2.45, 2.75) is 25.1 Å². The molecule has 7 nitrogen and oxygen atoms in total. The summed E-state index contributed by atoms with van der Waals surface area (Å²) in [5.74, 6) is 0.708.